The predicted molar refractivity (Wildman–Crippen MR) is 148 cm³/mol. The Bertz CT molecular complexity index is 1390. The van der Waals surface area contributed by atoms with E-state index < -0.39 is 0 Å². The van der Waals surface area contributed by atoms with E-state index in [1.54, 1.807) is 0 Å². The van der Waals surface area contributed by atoms with Crippen LogP contribution in [0.4, 0.5) is 0 Å². The number of ether oxygens (including phenoxy) is 2. The van der Waals surface area contributed by atoms with Crippen molar-refractivity contribution in [1.82, 2.24) is 9.80 Å². The van der Waals surface area contributed by atoms with Gasteiger partial charge in [0, 0.05) is 11.6 Å². The number of carbonyl (C=O) groups excluding carboxylic acids is 1. The SMILES string of the molecule is CCCC/C=C1/[C@@H](c2ccc(Cl)cc2)N(Cc2ccc3c(c2)OCO3)C2=N[C@@H](c3ccccc3)CC(=O)N21. The normalized spacial score (nSPS) is 21.2. The van der Waals surface area contributed by atoms with E-state index in [-0.39, 0.29) is 24.8 Å². The Morgan fingerprint density at radius 1 is 1.00 bits per heavy atom. The molecule has 3 aliphatic rings. The minimum Gasteiger partial charge on any atom is -0.454 e. The van der Waals surface area contributed by atoms with Crippen LogP contribution < -0.4 is 9.47 Å². The lowest BCUT2D eigenvalue weighted by molar-refractivity contribution is -0.126. The van der Waals surface area contributed by atoms with Gasteiger partial charge < -0.3 is 14.4 Å². The van der Waals surface area contributed by atoms with Gasteiger partial charge in [-0.1, -0.05) is 86.0 Å². The van der Waals surface area contributed by atoms with Crippen LogP contribution in [-0.2, 0) is 11.3 Å². The van der Waals surface area contributed by atoms with Gasteiger partial charge >= 0.3 is 0 Å². The highest BCUT2D eigenvalue weighted by molar-refractivity contribution is 6.30. The summed E-state index contributed by atoms with van der Waals surface area (Å²) in [5, 5.41) is 0.681. The van der Waals surface area contributed by atoms with E-state index in [4.69, 9.17) is 26.1 Å². The van der Waals surface area contributed by atoms with Gasteiger partial charge in [0.2, 0.25) is 18.7 Å². The zero-order valence-electron chi connectivity index (χ0n) is 21.3. The first-order valence-corrected chi connectivity index (χ1v) is 13.6. The first-order valence-electron chi connectivity index (χ1n) is 13.2. The van der Waals surface area contributed by atoms with Crippen LogP contribution in [-0.4, -0.2) is 28.5 Å². The summed E-state index contributed by atoms with van der Waals surface area (Å²) in [5.41, 5.74) is 4.14. The van der Waals surface area contributed by atoms with Gasteiger partial charge in [-0.15, -0.1) is 0 Å². The molecule has 3 aromatic rings. The van der Waals surface area contributed by atoms with E-state index in [0.29, 0.717) is 23.9 Å². The minimum absolute atomic E-state index is 0.0683. The van der Waals surface area contributed by atoms with E-state index in [0.717, 1.165) is 53.1 Å². The molecule has 194 valence electrons. The van der Waals surface area contributed by atoms with Crippen molar-refractivity contribution in [2.75, 3.05) is 6.79 Å². The first-order chi connectivity index (χ1) is 18.6. The Morgan fingerprint density at radius 2 is 1.79 bits per heavy atom. The lowest BCUT2D eigenvalue weighted by Crippen LogP contribution is -2.41. The van der Waals surface area contributed by atoms with E-state index in [1.807, 2.05) is 71.6 Å². The summed E-state index contributed by atoms with van der Waals surface area (Å²) < 4.78 is 11.2. The number of allylic oxidation sites excluding steroid dienone is 1. The molecule has 1 saturated heterocycles. The van der Waals surface area contributed by atoms with E-state index >= 15 is 0 Å². The van der Waals surface area contributed by atoms with Gasteiger partial charge in [-0.3, -0.25) is 9.69 Å². The van der Waals surface area contributed by atoms with Gasteiger partial charge in [-0.05, 0) is 47.4 Å². The largest absolute Gasteiger partial charge is 0.454 e. The van der Waals surface area contributed by atoms with Crippen molar-refractivity contribution in [1.29, 1.82) is 0 Å². The van der Waals surface area contributed by atoms with Crippen LogP contribution in [0.1, 0.15) is 61.4 Å². The summed E-state index contributed by atoms with van der Waals surface area (Å²) in [5.74, 6) is 2.25. The number of nitrogens with zero attached hydrogens (tertiary/aromatic N) is 3. The van der Waals surface area contributed by atoms with Crippen molar-refractivity contribution >= 4 is 23.5 Å². The summed E-state index contributed by atoms with van der Waals surface area (Å²) in [6.07, 6.45) is 5.59. The summed E-state index contributed by atoms with van der Waals surface area (Å²) in [6.45, 7) is 2.96. The number of hydrogen-bond acceptors (Lipinski definition) is 5. The van der Waals surface area contributed by atoms with E-state index in [1.165, 1.54) is 0 Å². The molecule has 3 heterocycles. The topological polar surface area (TPSA) is 54.4 Å². The Hall–Kier alpha value is -3.77. The number of guanidine groups is 1. The molecule has 0 aliphatic carbocycles. The average Bonchev–Trinajstić information content (AvgIpc) is 3.52. The highest BCUT2D eigenvalue weighted by atomic mass is 35.5. The molecular formula is C31H30ClN3O3. The standard InChI is InChI=1S/C31H30ClN3O3/c1-2-3-5-10-26-30(23-12-14-24(32)15-13-23)34(19-21-11-16-27-28(17-21)38-20-37-27)31-33-25(18-29(36)35(26)31)22-8-6-4-7-9-22/h4,6-17,25,30H,2-3,5,18-20H2,1H3/b26-10-/t25-,30-/m1/s1. The molecule has 3 aromatic carbocycles. The molecule has 3 aliphatic heterocycles. The number of carbonyl (C=O) groups is 1. The number of amides is 1. The van der Waals surface area contributed by atoms with Crippen molar-refractivity contribution < 1.29 is 14.3 Å². The summed E-state index contributed by atoms with van der Waals surface area (Å²) in [7, 11) is 0. The first kappa shape index (κ1) is 24.6. The number of fused-ring (bicyclic) bond motifs is 2. The highest BCUT2D eigenvalue weighted by Gasteiger charge is 2.46. The van der Waals surface area contributed by atoms with E-state index in [9.17, 15) is 4.79 Å². The molecule has 7 heteroatoms. The van der Waals surface area contributed by atoms with Gasteiger partial charge in [0.05, 0.1) is 24.2 Å². The quantitative estimate of drug-likeness (QED) is 0.309. The van der Waals surface area contributed by atoms with Gasteiger partial charge in [-0.25, -0.2) is 4.99 Å². The van der Waals surface area contributed by atoms with Crippen LogP contribution in [0, 0.1) is 0 Å². The van der Waals surface area contributed by atoms with Crippen LogP contribution in [0.15, 0.2) is 89.6 Å². The number of aliphatic imine (C=N–C) groups is 1. The molecule has 0 saturated carbocycles. The zero-order valence-corrected chi connectivity index (χ0v) is 22.1. The third-order valence-corrected chi connectivity index (χ3v) is 7.52. The van der Waals surface area contributed by atoms with Gasteiger partial charge in [0.25, 0.3) is 0 Å². The third kappa shape index (κ3) is 4.65. The Morgan fingerprint density at radius 3 is 2.58 bits per heavy atom. The number of unbranched alkanes of at least 4 members (excludes halogenated alkanes) is 2. The molecular weight excluding hydrogens is 498 g/mol. The lowest BCUT2D eigenvalue weighted by atomic mass is 10.00. The Kier molecular flexibility index (Phi) is 6.81. The van der Waals surface area contributed by atoms with Crippen molar-refractivity contribution in [3.63, 3.8) is 0 Å². The molecule has 1 amide bonds. The smallest absolute Gasteiger partial charge is 0.236 e. The van der Waals surface area contributed by atoms with Crippen LogP contribution in [0.5, 0.6) is 11.5 Å². The second-order valence-electron chi connectivity index (χ2n) is 9.83. The number of rotatable bonds is 7. The van der Waals surface area contributed by atoms with Gasteiger partial charge in [0.15, 0.2) is 11.5 Å². The molecule has 6 rings (SSSR count). The molecule has 1 fully saturated rings. The molecule has 0 bridgehead atoms. The fourth-order valence-electron chi connectivity index (χ4n) is 5.39. The maximum Gasteiger partial charge on any atom is 0.236 e. The maximum absolute atomic E-state index is 13.8. The fourth-order valence-corrected chi connectivity index (χ4v) is 5.51. The van der Waals surface area contributed by atoms with Crippen LogP contribution >= 0.6 is 11.6 Å². The molecule has 38 heavy (non-hydrogen) atoms. The number of hydrogen-bond donors (Lipinski definition) is 0. The summed E-state index contributed by atoms with van der Waals surface area (Å²) in [4.78, 5) is 23.1. The molecule has 0 spiro atoms. The van der Waals surface area contributed by atoms with Gasteiger partial charge in [0.1, 0.15) is 0 Å². The Balaban J connectivity index is 1.47. The van der Waals surface area contributed by atoms with E-state index in [2.05, 4.69) is 24.0 Å². The summed E-state index contributed by atoms with van der Waals surface area (Å²) in [6, 6.07) is 23.6. The van der Waals surface area contributed by atoms with Crippen molar-refractivity contribution in [2.24, 2.45) is 4.99 Å². The molecule has 0 unspecified atom stereocenters. The third-order valence-electron chi connectivity index (χ3n) is 7.27. The van der Waals surface area contributed by atoms with Gasteiger partial charge in [-0.2, -0.15) is 0 Å². The molecule has 6 nitrogen and oxygen atoms in total. The predicted octanol–water partition coefficient (Wildman–Crippen LogP) is 7.03. The molecule has 2 atom stereocenters. The monoisotopic (exact) mass is 527 g/mol. The average molecular weight is 528 g/mol. The highest BCUT2D eigenvalue weighted by Crippen LogP contribution is 2.45. The van der Waals surface area contributed by atoms with Crippen LogP contribution in [0.3, 0.4) is 0 Å². The number of benzene rings is 3. The lowest BCUT2D eigenvalue weighted by Gasteiger charge is -2.30. The van der Waals surface area contributed by atoms with Crippen molar-refractivity contribution in [3.8, 4) is 11.5 Å². The Labute approximate surface area is 228 Å². The number of halogens is 1. The molecule has 0 N–H and O–H groups in total. The molecule has 0 aromatic heterocycles. The second kappa shape index (κ2) is 10.5. The molecule has 0 radical (unpaired) electrons. The van der Waals surface area contributed by atoms with Crippen molar-refractivity contribution in [3.05, 3.63) is 106 Å². The second-order valence-corrected chi connectivity index (χ2v) is 10.3. The zero-order chi connectivity index (χ0) is 26.1. The maximum atomic E-state index is 13.8. The van der Waals surface area contributed by atoms with Crippen molar-refractivity contribution in [2.45, 2.75) is 51.2 Å². The fraction of sp³-hybridized carbons (Fsp3) is 0.290. The minimum atomic E-state index is -0.227. The summed E-state index contributed by atoms with van der Waals surface area (Å²) >= 11 is 6.27. The van der Waals surface area contributed by atoms with Crippen LogP contribution in [0.2, 0.25) is 5.02 Å². The van der Waals surface area contributed by atoms with Crippen LogP contribution in [0.25, 0.3) is 0 Å².